The summed E-state index contributed by atoms with van der Waals surface area (Å²) in [6.45, 7) is 5.60. The lowest BCUT2D eigenvalue weighted by Crippen LogP contribution is -2.31. The van der Waals surface area contributed by atoms with Crippen LogP contribution in [0.15, 0.2) is 29.4 Å². The third-order valence-corrected chi connectivity index (χ3v) is 5.48. The number of fused-ring (bicyclic) bond motifs is 2. The first-order valence-corrected chi connectivity index (χ1v) is 9.81. The molecule has 4 rings (SSSR count). The van der Waals surface area contributed by atoms with E-state index >= 15 is 0 Å². The van der Waals surface area contributed by atoms with E-state index in [0.29, 0.717) is 34.8 Å². The number of thiocarbonyl (C=S) groups is 1. The molecule has 0 radical (unpaired) electrons. The van der Waals surface area contributed by atoms with Crippen molar-refractivity contribution in [3.63, 3.8) is 0 Å². The van der Waals surface area contributed by atoms with Gasteiger partial charge in [-0.3, -0.25) is 10.1 Å². The Labute approximate surface area is 178 Å². The molecule has 0 saturated carbocycles. The van der Waals surface area contributed by atoms with Crippen molar-refractivity contribution in [2.75, 3.05) is 6.79 Å². The molecule has 1 unspecified atom stereocenters. The molecule has 2 aromatic rings. The topological polar surface area (TPSA) is 77.2 Å². The summed E-state index contributed by atoms with van der Waals surface area (Å²) in [6.07, 6.45) is 0.650. The van der Waals surface area contributed by atoms with Crippen LogP contribution in [-0.2, 0) is 6.42 Å². The highest BCUT2D eigenvalue weighted by Gasteiger charge is 2.29. The molecule has 29 heavy (non-hydrogen) atoms. The summed E-state index contributed by atoms with van der Waals surface area (Å²) < 4.78 is 11.2. The minimum absolute atomic E-state index is 0.0723. The molecule has 0 bridgehead atoms. The number of aryl methyl sites for hydroxylation is 2. The second-order valence-corrected chi connectivity index (χ2v) is 8.15. The average molecular weight is 432 g/mol. The number of nitrogens with zero attached hydrogens (tertiary/aromatic N) is 3. The zero-order chi connectivity index (χ0) is 20.9. The minimum Gasteiger partial charge on any atom is -0.454 e. The molecule has 0 saturated heterocycles. The number of nitro benzene ring substituents is 1. The maximum atomic E-state index is 11.4. The average Bonchev–Trinajstić information content (AvgIpc) is 3.02. The lowest BCUT2D eigenvalue weighted by molar-refractivity contribution is -0.386. The molecule has 0 fully saturated rings. The number of ether oxygens (including phenoxy) is 2. The van der Waals surface area contributed by atoms with E-state index in [-0.39, 0.29) is 27.9 Å². The summed E-state index contributed by atoms with van der Waals surface area (Å²) in [6, 6.07) is 7.32. The first-order valence-electron chi connectivity index (χ1n) is 9.02. The van der Waals surface area contributed by atoms with Crippen molar-refractivity contribution in [3.05, 3.63) is 62.2 Å². The molecular weight excluding hydrogens is 414 g/mol. The van der Waals surface area contributed by atoms with Crippen molar-refractivity contribution < 1.29 is 14.4 Å². The maximum absolute atomic E-state index is 11.4. The standard InChI is InChI=1S/C20H18ClN3O4S/c1-10-4-14(5-11(2)19(10)24(25)26)18-15-8-17-16(27-9-28-17)7-13(15)6-12(3)23(22-18)20(21)29/h4-5,7-8,12H,6,9H2,1-3H3. The Hall–Kier alpha value is -2.71. The normalized spacial score (nSPS) is 17.4. The van der Waals surface area contributed by atoms with Crippen LogP contribution < -0.4 is 9.47 Å². The Bertz CT molecular complexity index is 1060. The Morgan fingerprint density at radius 1 is 1.24 bits per heavy atom. The fraction of sp³-hybridized carbons (Fsp3) is 0.300. The predicted molar refractivity (Wildman–Crippen MR) is 114 cm³/mol. The van der Waals surface area contributed by atoms with Crippen molar-refractivity contribution in [2.24, 2.45) is 5.10 Å². The molecule has 0 amide bonds. The van der Waals surface area contributed by atoms with Crippen LogP contribution >= 0.6 is 23.8 Å². The first kappa shape index (κ1) is 19.6. The second kappa shape index (κ2) is 7.27. The van der Waals surface area contributed by atoms with Gasteiger partial charge in [-0.25, -0.2) is 5.01 Å². The van der Waals surface area contributed by atoms with Gasteiger partial charge in [-0.15, -0.1) is 0 Å². The SMILES string of the molecule is Cc1cc(C2=NN(C(=S)Cl)C(C)Cc3cc4c(cc32)OCO4)cc(C)c1[N+](=O)[O-]. The van der Waals surface area contributed by atoms with E-state index in [2.05, 4.69) is 0 Å². The molecule has 0 aliphatic carbocycles. The van der Waals surface area contributed by atoms with Gasteiger partial charge in [0.1, 0.15) is 0 Å². The Balaban J connectivity index is 1.96. The highest BCUT2D eigenvalue weighted by molar-refractivity contribution is 7.83. The van der Waals surface area contributed by atoms with Gasteiger partial charge in [0.15, 0.2) is 15.9 Å². The summed E-state index contributed by atoms with van der Waals surface area (Å²) in [7, 11) is 0. The highest BCUT2D eigenvalue weighted by Crippen LogP contribution is 2.38. The van der Waals surface area contributed by atoms with Gasteiger partial charge in [-0.2, -0.15) is 5.10 Å². The fourth-order valence-electron chi connectivity index (χ4n) is 3.84. The summed E-state index contributed by atoms with van der Waals surface area (Å²) in [5, 5.41) is 17.8. The van der Waals surface area contributed by atoms with Crippen LogP contribution in [0.1, 0.15) is 34.7 Å². The minimum atomic E-state index is -0.363. The fourth-order valence-corrected chi connectivity index (χ4v) is 4.27. The molecule has 2 heterocycles. The number of benzene rings is 2. The monoisotopic (exact) mass is 431 g/mol. The van der Waals surface area contributed by atoms with Gasteiger partial charge in [-0.05, 0) is 69.2 Å². The number of hydrazone groups is 1. The maximum Gasteiger partial charge on any atom is 0.275 e. The van der Waals surface area contributed by atoms with Crippen molar-refractivity contribution >= 4 is 39.7 Å². The van der Waals surface area contributed by atoms with Crippen molar-refractivity contribution in [1.82, 2.24) is 5.01 Å². The van der Waals surface area contributed by atoms with E-state index in [1.165, 1.54) is 0 Å². The molecule has 7 nitrogen and oxygen atoms in total. The van der Waals surface area contributed by atoms with E-state index in [1.807, 2.05) is 19.1 Å². The van der Waals surface area contributed by atoms with E-state index in [0.717, 1.165) is 16.7 Å². The van der Waals surface area contributed by atoms with Gasteiger partial charge < -0.3 is 9.47 Å². The molecule has 0 spiro atoms. The third kappa shape index (κ3) is 3.42. The van der Waals surface area contributed by atoms with Crippen LogP contribution in [0.5, 0.6) is 11.5 Å². The Kier molecular flexibility index (Phi) is 4.92. The van der Waals surface area contributed by atoms with Gasteiger partial charge in [0.25, 0.3) is 5.69 Å². The Morgan fingerprint density at radius 3 is 2.45 bits per heavy atom. The molecule has 0 aromatic heterocycles. The van der Waals surface area contributed by atoms with Gasteiger partial charge in [0.05, 0.1) is 16.7 Å². The molecule has 0 N–H and O–H groups in total. The molecule has 2 aliphatic heterocycles. The van der Waals surface area contributed by atoms with E-state index in [1.54, 1.807) is 31.0 Å². The smallest absolute Gasteiger partial charge is 0.275 e. The summed E-state index contributed by atoms with van der Waals surface area (Å²) >= 11 is 11.4. The predicted octanol–water partition coefficient (Wildman–Crippen LogP) is 4.46. The number of nitro groups is 1. The van der Waals surface area contributed by atoms with E-state index < -0.39 is 0 Å². The quantitative estimate of drug-likeness (QED) is 0.229. The van der Waals surface area contributed by atoms with Crippen molar-refractivity contribution in [1.29, 1.82) is 0 Å². The first-order chi connectivity index (χ1) is 13.8. The number of rotatable bonds is 2. The molecule has 2 aliphatic rings. The summed E-state index contributed by atoms with van der Waals surface area (Å²) in [5.41, 5.74) is 4.49. The lowest BCUT2D eigenvalue weighted by Gasteiger charge is -2.22. The van der Waals surface area contributed by atoms with Gasteiger partial charge in [-0.1, -0.05) is 11.6 Å². The number of halogens is 1. The molecule has 150 valence electrons. The zero-order valence-corrected chi connectivity index (χ0v) is 17.6. The second-order valence-electron chi connectivity index (χ2n) is 7.18. The Morgan fingerprint density at radius 2 is 1.86 bits per heavy atom. The third-order valence-electron chi connectivity index (χ3n) is 5.12. The van der Waals surface area contributed by atoms with Crippen LogP contribution in [0.4, 0.5) is 5.69 Å². The highest BCUT2D eigenvalue weighted by atomic mass is 35.5. The van der Waals surface area contributed by atoms with Crippen molar-refractivity contribution in [3.8, 4) is 11.5 Å². The van der Waals surface area contributed by atoms with Crippen LogP contribution in [0.2, 0.25) is 0 Å². The molecule has 1 atom stereocenters. The lowest BCUT2D eigenvalue weighted by atomic mass is 9.92. The van der Waals surface area contributed by atoms with Crippen LogP contribution in [-0.4, -0.2) is 32.9 Å². The molecular formula is C20H18ClN3O4S. The van der Waals surface area contributed by atoms with E-state index in [4.69, 9.17) is 38.4 Å². The zero-order valence-electron chi connectivity index (χ0n) is 16.1. The van der Waals surface area contributed by atoms with Crippen LogP contribution in [0.3, 0.4) is 0 Å². The van der Waals surface area contributed by atoms with Gasteiger partial charge >= 0.3 is 0 Å². The van der Waals surface area contributed by atoms with Crippen LogP contribution in [0, 0.1) is 24.0 Å². The van der Waals surface area contributed by atoms with Gasteiger partial charge in [0.2, 0.25) is 6.79 Å². The van der Waals surface area contributed by atoms with E-state index in [9.17, 15) is 10.1 Å². The summed E-state index contributed by atoms with van der Waals surface area (Å²) in [5.74, 6) is 1.33. The number of hydrogen-bond acceptors (Lipinski definition) is 6. The largest absolute Gasteiger partial charge is 0.454 e. The van der Waals surface area contributed by atoms with Crippen molar-refractivity contribution in [2.45, 2.75) is 33.2 Å². The van der Waals surface area contributed by atoms with Crippen LogP contribution in [0.25, 0.3) is 0 Å². The number of hydrogen-bond donors (Lipinski definition) is 0. The van der Waals surface area contributed by atoms with Gasteiger partial charge in [0, 0.05) is 22.3 Å². The molecule has 9 heteroatoms. The summed E-state index contributed by atoms with van der Waals surface area (Å²) in [4.78, 5) is 11.0. The molecule has 2 aromatic carbocycles.